The van der Waals surface area contributed by atoms with Crippen LogP contribution in [0.4, 0.5) is 0 Å². The van der Waals surface area contributed by atoms with E-state index in [0.717, 1.165) is 22.8 Å². The van der Waals surface area contributed by atoms with Crippen molar-refractivity contribution in [1.82, 2.24) is 4.90 Å². The molecule has 0 N–H and O–H groups in total. The zero-order chi connectivity index (χ0) is 19.5. The SMILES string of the molecule is CC1CC1c1ccc(CN(Cc2ccco2)C(=O)/C=C/c2ccc(Cl)cc2)o1. The molecule has 0 saturated heterocycles. The fourth-order valence-corrected chi connectivity index (χ4v) is 3.36. The zero-order valence-electron chi connectivity index (χ0n) is 15.7. The number of nitrogens with zero attached hydrogens (tertiary/aromatic N) is 1. The van der Waals surface area contributed by atoms with E-state index in [4.69, 9.17) is 20.4 Å². The van der Waals surface area contributed by atoms with Gasteiger partial charge in [-0.05, 0) is 60.4 Å². The topological polar surface area (TPSA) is 46.6 Å². The highest BCUT2D eigenvalue weighted by Crippen LogP contribution is 2.47. The third kappa shape index (κ3) is 4.57. The lowest BCUT2D eigenvalue weighted by molar-refractivity contribution is -0.127. The Morgan fingerprint density at radius 1 is 1.14 bits per heavy atom. The van der Waals surface area contributed by atoms with E-state index in [-0.39, 0.29) is 5.91 Å². The smallest absolute Gasteiger partial charge is 0.247 e. The average molecular weight is 396 g/mol. The number of hydrogen-bond donors (Lipinski definition) is 0. The van der Waals surface area contributed by atoms with Gasteiger partial charge in [-0.3, -0.25) is 4.79 Å². The van der Waals surface area contributed by atoms with Gasteiger partial charge in [-0.1, -0.05) is 30.7 Å². The van der Waals surface area contributed by atoms with E-state index in [0.29, 0.717) is 29.9 Å². The number of rotatable bonds is 7. The Morgan fingerprint density at radius 3 is 2.57 bits per heavy atom. The largest absolute Gasteiger partial charge is 0.467 e. The standard InChI is InChI=1S/C23H22ClNO3/c1-16-13-21(16)22-10-9-20(28-22)15-25(14-19-3-2-12-27-19)23(26)11-6-17-4-7-18(24)8-5-17/h2-12,16,21H,13-15H2,1H3/b11-6+. The van der Waals surface area contributed by atoms with Crippen molar-refractivity contribution in [2.24, 2.45) is 5.92 Å². The Balaban J connectivity index is 1.48. The number of amides is 1. The van der Waals surface area contributed by atoms with Gasteiger partial charge in [-0.2, -0.15) is 0 Å². The number of furan rings is 2. The van der Waals surface area contributed by atoms with Crippen LogP contribution in [-0.2, 0) is 17.9 Å². The van der Waals surface area contributed by atoms with Gasteiger partial charge < -0.3 is 13.7 Å². The third-order valence-corrected chi connectivity index (χ3v) is 5.28. The summed E-state index contributed by atoms with van der Waals surface area (Å²) in [7, 11) is 0. The summed E-state index contributed by atoms with van der Waals surface area (Å²) in [6, 6.07) is 15.0. The van der Waals surface area contributed by atoms with Crippen LogP contribution < -0.4 is 0 Å². The van der Waals surface area contributed by atoms with Crippen LogP contribution in [0.3, 0.4) is 0 Å². The number of carbonyl (C=O) groups is 1. The molecular formula is C23H22ClNO3. The van der Waals surface area contributed by atoms with Crippen molar-refractivity contribution in [2.75, 3.05) is 0 Å². The van der Waals surface area contributed by atoms with Gasteiger partial charge >= 0.3 is 0 Å². The predicted octanol–water partition coefficient (Wildman–Crippen LogP) is 5.89. The molecule has 4 rings (SSSR count). The molecule has 2 unspecified atom stereocenters. The Hall–Kier alpha value is -2.72. The molecule has 0 spiro atoms. The molecule has 1 amide bonds. The van der Waals surface area contributed by atoms with Crippen LogP contribution in [0.5, 0.6) is 0 Å². The first-order valence-electron chi connectivity index (χ1n) is 9.42. The zero-order valence-corrected chi connectivity index (χ0v) is 16.4. The van der Waals surface area contributed by atoms with Gasteiger partial charge in [0, 0.05) is 17.0 Å². The lowest BCUT2D eigenvalue weighted by Gasteiger charge is -2.19. The van der Waals surface area contributed by atoms with Crippen molar-refractivity contribution in [2.45, 2.75) is 32.4 Å². The summed E-state index contributed by atoms with van der Waals surface area (Å²) in [5, 5.41) is 0.668. The molecule has 1 fully saturated rings. The van der Waals surface area contributed by atoms with E-state index in [1.165, 1.54) is 6.42 Å². The molecule has 1 aliphatic carbocycles. The second kappa shape index (κ2) is 8.11. The first-order valence-corrected chi connectivity index (χ1v) is 9.80. The molecule has 28 heavy (non-hydrogen) atoms. The molecule has 0 radical (unpaired) electrons. The van der Waals surface area contributed by atoms with E-state index >= 15 is 0 Å². The molecule has 2 atom stereocenters. The van der Waals surface area contributed by atoms with Crippen molar-refractivity contribution in [1.29, 1.82) is 0 Å². The number of halogens is 1. The third-order valence-electron chi connectivity index (χ3n) is 5.03. The average Bonchev–Trinajstić information content (AvgIpc) is 3.08. The van der Waals surface area contributed by atoms with Crippen molar-refractivity contribution >= 4 is 23.6 Å². The summed E-state index contributed by atoms with van der Waals surface area (Å²) < 4.78 is 11.4. The summed E-state index contributed by atoms with van der Waals surface area (Å²) in [6.07, 6.45) is 6.14. The quantitative estimate of drug-likeness (QED) is 0.468. The fraction of sp³-hybridized carbons (Fsp3) is 0.261. The second-order valence-corrected chi connectivity index (χ2v) is 7.72. The summed E-state index contributed by atoms with van der Waals surface area (Å²) in [4.78, 5) is 14.6. The maximum Gasteiger partial charge on any atom is 0.247 e. The lowest BCUT2D eigenvalue weighted by atomic mass is 10.2. The molecular weight excluding hydrogens is 374 g/mol. The Morgan fingerprint density at radius 2 is 1.89 bits per heavy atom. The molecule has 0 bridgehead atoms. The van der Waals surface area contributed by atoms with Crippen molar-refractivity contribution < 1.29 is 13.6 Å². The van der Waals surface area contributed by atoms with Gasteiger partial charge in [0.25, 0.3) is 0 Å². The van der Waals surface area contributed by atoms with E-state index in [9.17, 15) is 4.79 Å². The minimum atomic E-state index is -0.107. The van der Waals surface area contributed by atoms with Crippen LogP contribution in [0, 0.1) is 5.92 Å². The normalized spacial score (nSPS) is 18.5. The first-order chi connectivity index (χ1) is 13.6. The second-order valence-electron chi connectivity index (χ2n) is 7.28. The van der Waals surface area contributed by atoms with Gasteiger partial charge in [-0.25, -0.2) is 0 Å². The van der Waals surface area contributed by atoms with Crippen molar-refractivity contribution in [3.63, 3.8) is 0 Å². The number of benzene rings is 1. The van der Waals surface area contributed by atoms with Gasteiger partial charge in [0.1, 0.15) is 17.3 Å². The molecule has 4 nitrogen and oxygen atoms in total. The maximum atomic E-state index is 12.8. The molecule has 3 aromatic rings. The monoisotopic (exact) mass is 395 g/mol. The Labute approximate surface area is 169 Å². The van der Waals surface area contributed by atoms with E-state index in [2.05, 4.69) is 6.92 Å². The first kappa shape index (κ1) is 18.6. The van der Waals surface area contributed by atoms with Crippen LogP contribution in [0.2, 0.25) is 5.02 Å². The molecule has 1 saturated carbocycles. The molecule has 1 aliphatic rings. The summed E-state index contributed by atoms with van der Waals surface area (Å²) in [5.41, 5.74) is 0.915. The van der Waals surface area contributed by atoms with E-state index in [1.54, 1.807) is 35.4 Å². The van der Waals surface area contributed by atoms with Gasteiger partial charge in [0.15, 0.2) is 0 Å². The summed E-state index contributed by atoms with van der Waals surface area (Å²) in [5.74, 6) is 3.63. The molecule has 2 aromatic heterocycles. The minimum Gasteiger partial charge on any atom is -0.467 e. The molecule has 5 heteroatoms. The molecule has 1 aromatic carbocycles. The van der Waals surface area contributed by atoms with Gasteiger partial charge in [-0.15, -0.1) is 0 Å². The number of hydrogen-bond acceptors (Lipinski definition) is 3. The van der Waals surface area contributed by atoms with Crippen LogP contribution in [0.1, 0.15) is 42.1 Å². The summed E-state index contributed by atoms with van der Waals surface area (Å²) in [6.45, 7) is 3.00. The predicted molar refractivity (Wildman–Crippen MR) is 109 cm³/mol. The Kier molecular flexibility index (Phi) is 5.40. The maximum absolute atomic E-state index is 12.8. The van der Waals surface area contributed by atoms with Gasteiger partial charge in [0.05, 0.1) is 19.4 Å². The van der Waals surface area contributed by atoms with Crippen LogP contribution in [0.15, 0.2) is 69.7 Å². The molecule has 0 aliphatic heterocycles. The van der Waals surface area contributed by atoms with Crippen molar-refractivity contribution in [3.8, 4) is 0 Å². The fourth-order valence-electron chi connectivity index (χ4n) is 3.23. The van der Waals surface area contributed by atoms with E-state index < -0.39 is 0 Å². The highest BCUT2D eigenvalue weighted by molar-refractivity contribution is 6.30. The van der Waals surface area contributed by atoms with Gasteiger partial charge in [0.2, 0.25) is 5.91 Å². The molecule has 144 valence electrons. The van der Waals surface area contributed by atoms with Crippen LogP contribution in [-0.4, -0.2) is 10.8 Å². The summed E-state index contributed by atoms with van der Waals surface area (Å²) >= 11 is 5.91. The van der Waals surface area contributed by atoms with Crippen LogP contribution in [0.25, 0.3) is 6.08 Å². The number of carbonyl (C=O) groups excluding carboxylic acids is 1. The Bertz CT molecular complexity index is 956. The highest BCUT2D eigenvalue weighted by Gasteiger charge is 2.36. The van der Waals surface area contributed by atoms with Crippen molar-refractivity contribution in [3.05, 3.63) is 88.7 Å². The minimum absolute atomic E-state index is 0.107. The lowest BCUT2D eigenvalue weighted by Crippen LogP contribution is -2.28. The van der Waals surface area contributed by atoms with Crippen LogP contribution >= 0.6 is 11.6 Å². The highest BCUT2D eigenvalue weighted by atomic mass is 35.5. The molecule has 2 heterocycles. The van der Waals surface area contributed by atoms with E-state index in [1.807, 2.05) is 36.4 Å².